The maximum absolute atomic E-state index is 13.0. The van der Waals surface area contributed by atoms with Crippen LogP contribution in [0.5, 0.6) is 11.5 Å². The van der Waals surface area contributed by atoms with Crippen LogP contribution in [0.25, 0.3) is 0 Å². The van der Waals surface area contributed by atoms with Gasteiger partial charge in [0, 0.05) is 5.56 Å². The zero-order chi connectivity index (χ0) is 26.9. The summed E-state index contributed by atoms with van der Waals surface area (Å²) in [7, 11) is 0. The Morgan fingerprint density at radius 2 is 1.39 bits per heavy atom. The van der Waals surface area contributed by atoms with Crippen LogP contribution in [-0.4, -0.2) is 30.6 Å². The molecule has 7 nitrogen and oxygen atoms in total. The zero-order valence-electron chi connectivity index (χ0n) is 22.1. The molecule has 0 aromatic heterocycles. The molecule has 38 heavy (non-hydrogen) atoms. The lowest BCUT2D eigenvalue weighted by atomic mass is 10.00. The van der Waals surface area contributed by atoms with Crippen LogP contribution < -0.4 is 14.8 Å². The highest BCUT2D eigenvalue weighted by molar-refractivity contribution is 5.80. The van der Waals surface area contributed by atoms with Crippen molar-refractivity contribution in [1.29, 1.82) is 0 Å². The molecule has 7 heteroatoms. The predicted molar refractivity (Wildman–Crippen MR) is 144 cm³/mol. The number of hydrogen-bond acceptors (Lipinski definition) is 7. The van der Waals surface area contributed by atoms with Crippen LogP contribution in [-0.2, 0) is 32.1 Å². The molecule has 0 fully saturated rings. The molecule has 0 saturated carbocycles. The van der Waals surface area contributed by atoms with Crippen molar-refractivity contribution < 1.29 is 28.5 Å². The van der Waals surface area contributed by atoms with Crippen LogP contribution in [0.1, 0.15) is 50.2 Å². The number of fused-ring (bicyclic) bond motifs is 1. The highest BCUT2D eigenvalue weighted by Crippen LogP contribution is 2.39. The van der Waals surface area contributed by atoms with Crippen molar-refractivity contribution in [3.63, 3.8) is 0 Å². The van der Waals surface area contributed by atoms with E-state index in [2.05, 4.69) is 5.32 Å². The molecule has 0 aliphatic carbocycles. The molecular weight excluding hydrogens is 482 g/mol. The SMILES string of the molecule is CCOC(=O)C(Cc1ccc(C2Oc3ccccc3O2)cc1)N[C@@H](CC(C)C)C(=O)OCc1ccccc1. The van der Waals surface area contributed by atoms with E-state index in [1.165, 1.54) is 0 Å². The van der Waals surface area contributed by atoms with E-state index < -0.39 is 24.3 Å². The second-order valence-corrected chi connectivity index (χ2v) is 9.71. The number of benzene rings is 3. The Labute approximate surface area is 224 Å². The number of rotatable bonds is 12. The Hall–Kier alpha value is -3.84. The number of para-hydroxylation sites is 2. The van der Waals surface area contributed by atoms with Gasteiger partial charge in [-0.2, -0.15) is 0 Å². The van der Waals surface area contributed by atoms with Crippen molar-refractivity contribution in [2.45, 2.75) is 58.6 Å². The lowest BCUT2D eigenvalue weighted by Crippen LogP contribution is -2.50. The van der Waals surface area contributed by atoms with Gasteiger partial charge in [-0.25, -0.2) is 0 Å². The highest BCUT2D eigenvalue weighted by atomic mass is 16.7. The van der Waals surface area contributed by atoms with Crippen molar-refractivity contribution in [3.8, 4) is 11.5 Å². The lowest BCUT2D eigenvalue weighted by molar-refractivity contribution is -0.150. The fourth-order valence-electron chi connectivity index (χ4n) is 4.31. The Balaban J connectivity index is 1.43. The first-order valence-corrected chi connectivity index (χ1v) is 13.1. The minimum Gasteiger partial charge on any atom is -0.465 e. The molecule has 3 aromatic rings. The Bertz CT molecular complexity index is 1170. The van der Waals surface area contributed by atoms with Crippen LogP contribution in [0.15, 0.2) is 78.9 Å². The molecule has 0 spiro atoms. The average Bonchev–Trinajstić information content (AvgIpc) is 3.36. The molecule has 2 atom stereocenters. The van der Waals surface area contributed by atoms with Gasteiger partial charge in [0.05, 0.1) is 6.61 Å². The molecule has 0 bridgehead atoms. The minimum atomic E-state index is -0.711. The average molecular weight is 518 g/mol. The quantitative estimate of drug-likeness (QED) is 0.323. The van der Waals surface area contributed by atoms with Gasteiger partial charge in [0.1, 0.15) is 18.7 Å². The number of ether oxygens (including phenoxy) is 4. The maximum atomic E-state index is 13.0. The Morgan fingerprint density at radius 1 is 0.789 bits per heavy atom. The molecule has 1 N–H and O–H groups in total. The van der Waals surface area contributed by atoms with Crippen LogP contribution in [0, 0.1) is 5.92 Å². The van der Waals surface area contributed by atoms with Gasteiger partial charge in [-0.15, -0.1) is 0 Å². The van der Waals surface area contributed by atoms with Gasteiger partial charge in [0.25, 0.3) is 6.29 Å². The highest BCUT2D eigenvalue weighted by Gasteiger charge is 2.30. The number of esters is 2. The molecule has 1 unspecified atom stereocenters. The lowest BCUT2D eigenvalue weighted by Gasteiger charge is -2.25. The molecule has 200 valence electrons. The summed E-state index contributed by atoms with van der Waals surface area (Å²) in [5.41, 5.74) is 2.69. The molecule has 0 saturated heterocycles. The first kappa shape index (κ1) is 27.2. The van der Waals surface area contributed by atoms with Crippen molar-refractivity contribution in [3.05, 3.63) is 95.6 Å². The standard InChI is InChI=1S/C31H35NO6/c1-4-35-29(33)26(32-25(18-21(2)3)30(34)36-20-23-10-6-5-7-11-23)19-22-14-16-24(17-15-22)31-37-27-12-8-9-13-28(27)38-31/h5-17,21,25-26,31-32H,4,18-20H2,1-3H3/t25-,26?/m0/s1. The van der Waals surface area contributed by atoms with Gasteiger partial charge < -0.3 is 18.9 Å². The Kier molecular flexibility index (Phi) is 9.38. The first-order chi connectivity index (χ1) is 18.4. The van der Waals surface area contributed by atoms with E-state index >= 15 is 0 Å². The van der Waals surface area contributed by atoms with E-state index in [1.54, 1.807) is 6.92 Å². The topological polar surface area (TPSA) is 83.1 Å². The van der Waals surface area contributed by atoms with Crippen LogP contribution in [0.2, 0.25) is 0 Å². The number of nitrogens with one attached hydrogen (secondary N) is 1. The second-order valence-electron chi connectivity index (χ2n) is 9.71. The van der Waals surface area contributed by atoms with E-state index in [4.69, 9.17) is 18.9 Å². The third-order valence-electron chi connectivity index (χ3n) is 6.20. The number of carbonyl (C=O) groups excluding carboxylic acids is 2. The fraction of sp³-hybridized carbons (Fsp3) is 0.355. The monoisotopic (exact) mass is 517 g/mol. The fourth-order valence-corrected chi connectivity index (χ4v) is 4.31. The molecule has 0 radical (unpaired) electrons. The predicted octanol–water partition coefficient (Wildman–Crippen LogP) is 5.38. The van der Waals surface area contributed by atoms with Gasteiger partial charge in [-0.3, -0.25) is 14.9 Å². The van der Waals surface area contributed by atoms with Gasteiger partial charge in [-0.1, -0.05) is 80.6 Å². The number of hydrogen-bond donors (Lipinski definition) is 1. The van der Waals surface area contributed by atoms with Crippen LogP contribution in [0.3, 0.4) is 0 Å². The normalized spacial score (nSPS) is 14.2. The summed E-state index contributed by atoms with van der Waals surface area (Å²) in [5, 5.41) is 3.24. The zero-order valence-corrected chi connectivity index (χ0v) is 22.1. The molecule has 0 amide bonds. The van der Waals surface area contributed by atoms with Crippen molar-refractivity contribution in [2.75, 3.05) is 6.61 Å². The summed E-state index contributed by atoms with van der Waals surface area (Å²) in [5.74, 6) is 0.850. The Morgan fingerprint density at radius 3 is 2.00 bits per heavy atom. The van der Waals surface area contributed by atoms with E-state index in [9.17, 15) is 9.59 Å². The summed E-state index contributed by atoms with van der Waals surface area (Å²) in [6, 6.07) is 23.4. The summed E-state index contributed by atoms with van der Waals surface area (Å²) < 4.78 is 22.7. The summed E-state index contributed by atoms with van der Waals surface area (Å²) >= 11 is 0. The maximum Gasteiger partial charge on any atom is 0.323 e. The van der Waals surface area contributed by atoms with E-state index in [1.807, 2.05) is 92.7 Å². The van der Waals surface area contributed by atoms with E-state index in [0.717, 1.165) is 16.7 Å². The van der Waals surface area contributed by atoms with Gasteiger partial charge in [0.2, 0.25) is 0 Å². The van der Waals surface area contributed by atoms with Gasteiger partial charge in [0.15, 0.2) is 11.5 Å². The largest absolute Gasteiger partial charge is 0.465 e. The van der Waals surface area contributed by atoms with Crippen molar-refractivity contribution in [1.82, 2.24) is 5.32 Å². The van der Waals surface area contributed by atoms with Gasteiger partial charge in [-0.05, 0) is 48.9 Å². The minimum absolute atomic E-state index is 0.177. The summed E-state index contributed by atoms with van der Waals surface area (Å²) in [6.45, 7) is 6.26. The number of carbonyl (C=O) groups is 2. The van der Waals surface area contributed by atoms with Crippen LogP contribution in [0.4, 0.5) is 0 Å². The molecular formula is C31H35NO6. The molecule has 3 aromatic carbocycles. The van der Waals surface area contributed by atoms with E-state index in [-0.39, 0.29) is 25.1 Å². The summed E-state index contributed by atoms with van der Waals surface area (Å²) in [4.78, 5) is 25.9. The molecule has 1 heterocycles. The molecule has 4 rings (SSSR count). The van der Waals surface area contributed by atoms with Crippen LogP contribution >= 0.6 is 0 Å². The van der Waals surface area contributed by atoms with E-state index in [0.29, 0.717) is 24.3 Å². The van der Waals surface area contributed by atoms with Crippen molar-refractivity contribution >= 4 is 11.9 Å². The third kappa shape index (κ3) is 7.35. The van der Waals surface area contributed by atoms with Gasteiger partial charge >= 0.3 is 11.9 Å². The molecule has 1 aliphatic rings. The smallest absolute Gasteiger partial charge is 0.323 e. The first-order valence-electron chi connectivity index (χ1n) is 13.1. The second kappa shape index (κ2) is 13.1. The summed E-state index contributed by atoms with van der Waals surface area (Å²) in [6.07, 6.45) is 0.362. The van der Waals surface area contributed by atoms with Crippen molar-refractivity contribution in [2.24, 2.45) is 5.92 Å². The molecule has 1 aliphatic heterocycles. The third-order valence-corrected chi connectivity index (χ3v) is 6.20.